The molecule has 2 heterocycles. The highest BCUT2D eigenvalue weighted by Crippen LogP contribution is 2.48. The van der Waals surface area contributed by atoms with Crippen molar-refractivity contribution in [1.82, 2.24) is 9.80 Å². The van der Waals surface area contributed by atoms with E-state index in [1.807, 2.05) is 4.90 Å². The molecule has 1 N–H and O–H groups in total. The van der Waals surface area contributed by atoms with E-state index in [0.717, 1.165) is 10.5 Å². The molecule has 1 spiro atoms. The molecular weight excluding hydrogens is 496 g/mol. The number of likely N-dealkylation sites (tertiary alicyclic amines) is 1. The van der Waals surface area contributed by atoms with Crippen LogP contribution in [0, 0.1) is 5.82 Å². The van der Waals surface area contributed by atoms with E-state index >= 15 is 0 Å². The molecule has 208 valence electrons. The zero-order valence-electron chi connectivity index (χ0n) is 22.4. The van der Waals surface area contributed by atoms with Crippen molar-refractivity contribution in [1.29, 1.82) is 0 Å². The largest absolute Gasteiger partial charge is 0.471 e. The van der Waals surface area contributed by atoms with Gasteiger partial charge in [0.15, 0.2) is 0 Å². The first-order valence-electron chi connectivity index (χ1n) is 12.3. The number of nitrogens with zero attached hydrogens (tertiary/aromatic N) is 2. The zero-order chi connectivity index (χ0) is 27.4. The maximum absolute atomic E-state index is 14.1. The normalized spacial score (nSPS) is 19.6. The quantitative estimate of drug-likeness (QED) is 0.570. The highest BCUT2D eigenvalue weighted by molar-refractivity contribution is 8.33. The highest BCUT2D eigenvalue weighted by Gasteiger charge is 2.48. The van der Waals surface area contributed by atoms with E-state index in [4.69, 9.17) is 9.84 Å². The van der Waals surface area contributed by atoms with Crippen LogP contribution in [-0.2, 0) is 22.5 Å². The molecule has 3 rings (SSSR count). The molecule has 1 aromatic carbocycles. The average Bonchev–Trinajstić information content (AvgIpc) is 2.76. The number of morpholine rings is 1. The summed E-state index contributed by atoms with van der Waals surface area (Å²) in [4.78, 5) is 14.4. The molecule has 1 aromatic rings. The number of aliphatic hydroxyl groups excluding tert-OH is 1. The van der Waals surface area contributed by atoms with Crippen molar-refractivity contribution in [3.63, 3.8) is 0 Å². The minimum absolute atomic E-state index is 0.0121. The standard InChI is InChI=1S/C19H24F4N2O3.C7H18S/c20-16-2-1-14(3-9-26)11-15(16)12-24-6-4-18(5-7-24)13-25(8-10-28-18)17(27)19(21,22)23;1-7(2,3)8(4,5)6/h1-2,11,26H,3-10,12-13H2;1-6H3. The van der Waals surface area contributed by atoms with Crippen molar-refractivity contribution < 1.29 is 32.2 Å². The fourth-order valence-corrected chi connectivity index (χ4v) is 3.89. The van der Waals surface area contributed by atoms with Crippen LogP contribution in [-0.4, -0.2) is 95.5 Å². The second-order valence-corrected chi connectivity index (χ2v) is 16.3. The summed E-state index contributed by atoms with van der Waals surface area (Å²) in [5, 5.41) is 9.04. The number of piperidine rings is 1. The molecule has 0 atom stereocenters. The molecule has 0 aliphatic carbocycles. The summed E-state index contributed by atoms with van der Waals surface area (Å²) in [6.45, 7) is 8.32. The third-order valence-electron chi connectivity index (χ3n) is 7.29. The van der Waals surface area contributed by atoms with Crippen LogP contribution >= 0.6 is 10.0 Å². The smallest absolute Gasteiger partial charge is 0.396 e. The number of halogens is 4. The summed E-state index contributed by atoms with van der Waals surface area (Å²) in [7, 11) is -0.340. The molecule has 0 bridgehead atoms. The number of rotatable bonds is 4. The first kappa shape index (κ1) is 30.9. The van der Waals surface area contributed by atoms with Gasteiger partial charge < -0.3 is 14.7 Å². The van der Waals surface area contributed by atoms with E-state index in [1.165, 1.54) is 6.07 Å². The Morgan fingerprint density at radius 2 is 1.69 bits per heavy atom. The molecule has 2 aliphatic heterocycles. The Bertz CT molecular complexity index is 861. The summed E-state index contributed by atoms with van der Waals surface area (Å²) >= 11 is 0. The molecule has 5 nitrogen and oxygen atoms in total. The molecule has 0 unspecified atom stereocenters. The van der Waals surface area contributed by atoms with Gasteiger partial charge in [0, 0.05) is 38.3 Å². The van der Waals surface area contributed by atoms with Gasteiger partial charge in [-0.3, -0.25) is 9.69 Å². The predicted molar refractivity (Wildman–Crippen MR) is 138 cm³/mol. The number of benzene rings is 1. The Kier molecular flexibility index (Phi) is 10.3. The number of carbonyl (C=O) groups excluding carboxylic acids is 1. The fourth-order valence-electron chi connectivity index (χ4n) is 3.89. The molecule has 2 fully saturated rings. The van der Waals surface area contributed by atoms with Gasteiger partial charge in [-0.2, -0.15) is 13.2 Å². The van der Waals surface area contributed by atoms with E-state index in [0.29, 0.717) is 49.2 Å². The van der Waals surface area contributed by atoms with Crippen molar-refractivity contribution in [2.45, 2.75) is 63.1 Å². The third-order valence-corrected chi connectivity index (χ3v) is 11.0. The third kappa shape index (κ3) is 8.60. The van der Waals surface area contributed by atoms with E-state index < -0.39 is 17.7 Å². The van der Waals surface area contributed by atoms with Gasteiger partial charge in [0.2, 0.25) is 0 Å². The Labute approximate surface area is 214 Å². The van der Waals surface area contributed by atoms with Crippen molar-refractivity contribution >= 4 is 15.9 Å². The summed E-state index contributed by atoms with van der Waals surface area (Å²) in [6, 6.07) is 4.76. The van der Waals surface area contributed by atoms with Gasteiger partial charge in [0.1, 0.15) is 5.82 Å². The minimum atomic E-state index is -4.88. The topological polar surface area (TPSA) is 53.0 Å². The Hall–Kier alpha value is -1.36. The number of amides is 1. The lowest BCUT2D eigenvalue weighted by Crippen LogP contribution is -2.59. The van der Waals surface area contributed by atoms with Gasteiger partial charge in [-0.25, -0.2) is 14.4 Å². The van der Waals surface area contributed by atoms with Gasteiger partial charge in [-0.15, -0.1) is 0 Å². The SMILES string of the molecule is CC(C)(C)S(C)(C)C.O=C(N1CCOC2(CCN(Cc3cc(CCO)ccc3F)CC2)C1)C(F)(F)F. The number of carbonyl (C=O) groups is 1. The van der Waals surface area contributed by atoms with E-state index in [9.17, 15) is 22.4 Å². The van der Waals surface area contributed by atoms with Crippen molar-refractivity contribution in [3.8, 4) is 0 Å². The second-order valence-electron chi connectivity index (χ2n) is 11.4. The number of aliphatic hydroxyl groups is 1. The maximum atomic E-state index is 14.1. The number of alkyl halides is 3. The maximum Gasteiger partial charge on any atom is 0.471 e. The minimum Gasteiger partial charge on any atom is -0.396 e. The molecule has 10 heteroatoms. The first-order chi connectivity index (χ1) is 16.5. The van der Waals surface area contributed by atoms with Crippen molar-refractivity contribution in [2.24, 2.45) is 0 Å². The Balaban J connectivity index is 0.000000493. The van der Waals surface area contributed by atoms with Gasteiger partial charge in [0.05, 0.1) is 18.8 Å². The van der Waals surface area contributed by atoms with Gasteiger partial charge in [-0.05, 0) is 54.4 Å². The van der Waals surface area contributed by atoms with Crippen LogP contribution in [0.15, 0.2) is 18.2 Å². The molecule has 36 heavy (non-hydrogen) atoms. The van der Waals surface area contributed by atoms with E-state index in [2.05, 4.69) is 39.5 Å². The molecule has 0 aromatic heterocycles. The van der Waals surface area contributed by atoms with Gasteiger partial charge in [-0.1, -0.05) is 32.9 Å². The van der Waals surface area contributed by atoms with Gasteiger partial charge >= 0.3 is 12.1 Å². The average molecular weight is 539 g/mol. The molecule has 2 saturated heterocycles. The lowest BCUT2D eigenvalue weighted by atomic mass is 9.89. The van der Waals surface area contributed by atoms with E-state index in [-0.39, 0.29) is 42.1 Å². The summed E-state index contributed by atoms with van der Waals surface area (Å²) in [5.74, 6) is -2.14. The fraction of sp³-hybridized carbons (Fsp3) is 0.731. The Morgan fingerprint density at radius 1 is 1.11 bits per heavy atom. The number of hydrogen-bond donors (Lipinski definition) is 1. The van der Waals surface area contributed by atoms with Crippen LogP contribution in [0.3, 0.4) is 0 Å². The highest BCUT2D eigenvalue weighted by atomic mass is 32.3. The zero-order valence-corrected chi connectivity index (χ0v) is 23.2. The summed E-state index contributed by atoms with van der Waals surface area (Å²) in [5.41, 5.74) is 0.608. The predicted octanol–water partition coefficient (Wildman–Crippen LogP) is 4.60. The molecule has 0 saturated carbocycles. The molecule has 1 amide bonds. The van der Waals surface area contributed by atoms with Crippen LogP contribution in [0.5, 0.6) is 0 Å². The molecular formula is C26H42F4N2O3S. The second kappa shape index (κ2) is 12.0. The van der Waals surface area contributed by atoms with Crippen LogP contribution in [0.25, 0.3) is 0 Å². The van der Waals surface area contributed by atoms with Crippen LogP contribution < -0.4 is 0 Å². The number of ether oxygens (including phenoxy) is 1. The van der Waals surface area contributed by atoms with Crippen molar-refractivity contribution in [2.75, 3.05) is 58.2 Å². The Morgan fingerprint density at radius 3 is 2.19 bits per heavy atom. The first-order valence-corrected chi connectivity index (χ1v) is 15.1. The van der Waals surface area contributed by atoms with Gasteiger partial charge in [0.25, 0.3) is 0 Å². The molecule has 2 aliphatic rings. The molecule has 0 radical (unpaired) electrons. The lowest BCUT2D eigenvalue weighted by molar-refractivity contribution is -0.200. The van der Waals surface area contributed by atoms with Crippen LogP contribution in [0.1, 0.15) is 44.7 Å². The van der Waals surface area contributed by atoms with Crippen molar-refractivity contribution in [3.05, 3.63) is 35.1 Å². The lowest BCUT2D eigenvalue weighted by Gasteiger charge is -2.47. The number of hydrogen-bond acceptors (Lipinski definition) is 4. The van der Waals surface area contributed by atoms with Crippen LogP contribution in [0.4, 0.5) is 17.6 Å². The summed E-state index contributed by atoms with van der Waals surface area (Å²) in [6.07, 6.45) is 3.59. The van der Waals surface area contributed by atoms with Crippen LogP contribution in [0.2, 0.25) is 0 Å². The summed E-state index contributed by atoms with van der Waals surface area (Å²) < 4.78 is 58.6. The van der Waals surface area contributed by atoms with E-state index in [1.54, 1.807) is 12.1 Å². The monoisotopic (exact) mass is 538 g/mol.